The zero-order chi connectivity index (χ0) is 24.9. The van der Waals surface area contributed by atoms with E-state index in [9.17, 15) is 9.59 Å². The van der Waals surface area contributed by atoms with Gasteiger partial charge in [-0.25, -0.2) is 9.50 Å². The number of fused-ring (bicyclic) bond motifs is 1. The second-order valence-corrected chi connectivity index (χ2v) is 9.29. The normalized spacial score (nSPS) is 14.4. The summed E-state index contributed by atoms with van der Waals surface area (Å²) in [7, 11) is 0. The van der Waals surface area contributed by atoms with Crippen molar-refractivity contribution >= 4 is 23.1 Å². The maximum atomic E-state index is 12.4. The molecule has 9 heteroatoms. The number of anilines is 1. The van der Waals surface area contributed by atoms with Crippen LogP contribution in [0.5, 0.6) is 0 Å². The van der Waals surface area contributed by atoms with Gasteiger partial charge >= 0.3 is 0 Å². The highest BCUT2D eigenvalue weighted by atomic mass is 16.1. The van der Waals surface area contributed by atoms with Crippen LogP contribution in [-0.4, -0.2) is 70.6 Å². The molecule has 1 aliphatic rings. The number of benzene rings is 1. The van der Waals surface area contributed by atoms with E-state index in [2.05, 4.69) is 56.4 Å². The molecule has 2 amide bonds. The average Bonchev–Trinajstić information content (AvgIpc) is 3.26. The van der Waals surface area contributed by atoms with E-state index in [0.717, 1.165) is 56.1 Å². The summed E-state index contributed by atoms with van der Waals surface area (Å²) < 4.78 is 1.62. The van der Waals surface area contributed by atoms with E-state index < -0.39 is 5.91 Å². The fraction of sp³-hybridized carbons (Fsp3) is 0.462. The van der Waals surface area contributed by atoms with E-state index in [1.165, 1.54) is 17.4 Å². The largest absolute Gasteiger partial charge is 0.369 e. The number of aryl methyl sites for hydroxylation is 3. The Morgan fingerprint density at radius 3 is 2.60 bits per heavy atom. The minimum absolute atomic E-state index is 0.0338. The number of aromatic nitrogens is 3. The summed E-state index contributed by atoms with van der Waals surface area (Å²) in [5.41, 5.74) is 11.4. The Balaban J connectivity index is 1.19. The molecule has 0 radical (unpaired) electrons. The van der Waals surface area contributed by atoms with Crippen molar-refractivity contribution in [3.8, 4) is 0 Å². The smallest absolute Gasteiger partial charge is 0.254 e. The van der Waals surface area contributed by atoms with Gasteiger partial charge in [0.05, 0.1) is 6.20 Å². The Morgan fingerprint density at radius 2 is 1.89 bits per heavy atom. The highest BCUT2D eigenvalue weighted by molar-refractivity contribution is 5.98. The molecule has 1 saturated heterocycles. The lowest BCUT2D eigenvalue weighted by Crippen LogP contribution is -2.47. The summed E-state index contributed by atoms with van der Waals surface area (Å²) in [5.74, 6) is -0.516. The molecule has 0 spiro atoms. The lowest BCUT2D eigenvalue weighted by Gasteiger charge is -2.36. The number of hydrogen-bond donors (Lipinski definition) is 2. The predicted molar refractivity (Wildman–Crippen MR) is 137 cm³/mol. The van der Waals surface area contributed by atoms with E-state index in [-0.39, 0.29) is 5.91 Å². The number of carbonyl (C=O) groups excluding carboxylic acids is 2. The number of hydrogen-bond acceptors (Lipinski definition) is 6. The SMILES string of the molecule is Cc1cccc(N2CCN(CCCNC(=O)CCc3c(C)nc4c(C(N)=O)cnn4c3C)CC2)c1. The molecule has 4 rings (SSSR count). The summed E-state index contributed by atoms with van der Waals surface area (Å²) >= 11 is 0. The highest BCUT2D eigenvalue weighted by Crippen LogP contribution is 2.19. The first-order valence-corrected chi connectivity index (χ1v) is 12.3. The van der Waals surface area contributed by atoms with Crippen LogP contribution in [0.1, 0.15) is 45.7 Å². The van der Waals surface area contributed by atoms with Gasteiger partial charge in [0.2, 0.25) is 5.91 Å². The highest BCUT2D eigenvalue weighted by Gasteiger charge is 2.18. The molecule has 9 nitrogen and oxygen atoms in total. The Labute approximate surface area is 206 Å². The standard InChI is InChI=1S/C26H35N7O2/c1-18-6-4-7-21(16-18)32-14-12-31(13-15-32)11-5-10-28-24(34)9-8-22-19(2)30-26-23(25(27)35)17-29-33(26)20(22)3/h4,6-7,16-17H,5,8-15H2,1-3H3,(H2,27,35)(H,28,34). The Bertz CT molecular complexity index is 1210. The third-order valence-corrected chi connectivity index (χ3v) is 6.79. The van der Waals surface area contributed by atoms with Crippen LogP contribution < -0.4 is 16.0 Å². The number of rotatable bonds is 9. The molecule has 0 bridgehead atoms. The number of primary amides is 1. The lowest BCUT2D eigenvalue weighted by molar-refractivity contribution is -0.121. The third kappa shape index (κ3) is 5.79. The third-order valence-electron chi connectivity index (χ3n) is 6.79. The Morgan fingerprint density at radius 1 is 1.11 bits per heavy atom. The summed E-state index contributed by atoms with van der Waals surface area (Å²) in [6, 6.07) is 8.68. The Kier molecular flexibility index (Phi) is 7.65. The number of nitrogens with one attached hydrogen (secondary N) is 1. The number of amides is 2. The maximum absolute atomic E-state index is 12.4. The molecule has 1 fully saturated rings. The molecule has 0 atom stereocenters. The molecule has 1 aromatic carbocycles. The molecule has 3 heterocycles. The Hall–Kier alpha value is -3.46. The van der Waals surface area contributed by atoms with Gasteiger partial charge in [0.15, 0.2) is 5.65 Å². The van der Waals surface area contributed by atoms with Gasteiger partial charge in [-0.15, -0.1) is 0 Å². The maximum Gasteiger partial charge on any atom is 0.254 e. The van der Waals surface area contributed by atoms with Crippen LogP contribution in [0.4, 0.5) is 5.69 Å². The van der Waals surface area contributed by atoms with Gasteiger partial charge in [0.25, 0.3) is 5.91 Å². The molecule has 35 heavy (non-hydrogen) atoms. The number of nitrogens with zero attached hydrogens (tertiary/aromatic N) is 5. The fourth-order valence-electron chi connectivity index (χ4n) is 4.76. The summed E-state index contributed by atoms with van der Waals surface area (Å²) in [5, 5.41) is 7.29. The van der Waals surface area contributed by atoms with E-state index in [4.69, 9.17) is 5.73 Å². The van der Waals surface area contributed by atoms with Crippen molar-refractivity contribution in [2.75, 3.05) is 44.2 Å². The van der Waals surface area contributed by atoms with Crippen LogP contribution in [0.2, 0.25) is 0 Å². The van der Waals surface area contributed by atoms with E-state index in [1.54, 1.807) is 4.52 Å². The number of nitrogens with two attached hydrogens (primary N) is 1. The van der Waals surface area contributed by atoms with E-state index in [0.29, 0.717) is 30.6 Å². The predicted octanol–water partition coefficient (Wildman–Crippen LogP) is 2.01. The number of piperazine rings is 1. The van der Waals surface area contributed by atoms with E-state index >= 15 is 0 Å². The summed E-state index contributed by atoms with van der Waals surface area (Å²) in [6.07, 6.45) is 3.33. The van der Waals surface area contributed by atoms with Crippen molar-refractivity contribution in [3.05, 3.63) is 58.5 Å². The van der Waals surface area contributed by atoms with E-state index in [1.807, 2.05) is 13.8 Å². The van der Waals surface area contributed by atoms with Crippen LogP contribution in [0.25, 0.3) is 5.65 Å². The molecular formula is C26H35N7O2. The quantitative estimate of drug-likeness (QED) is 0.457. The van der Waals surface area contributed by atoms with Crippen LogP contribution in [0, 0.1) is 20.8 Å². The van der Waals surface area contributed by atoms with Crippen LogP contribution >= 0.6 is 0 Å². The zero-order valence-electron chi connectivity index (χ0n) is 20.9. The molecule has 3 N–H and O–H groups in total. The van der Waals surface area contributed by atoms with Crippen molar-refractivity contribution in [1.82, 2.24) is 24.8 Å². The second-order valence-electron chi connectivity index (χ2n) is 9.29. The van der Waals surface area contributed by atoms with Gasteiger partial charge in [0.1, 0.15) is 5.56 Å². The number of carbonyl (C=O) groups is 2. The summed E-state index contributed by atoms with van der Waals surface area (Å²) in [4.78, 5) is 33.4. The minimum atomic E-state index is -0.549. The first-order valence-electron chi connectivity index (χ1n) is 12.3. The van der Waals surface area contributed by atoms with Gasteiger partial charge < -0.3 is 16.0 Å². The molecule has 0 unspecified atom stereocenters. The molecular weight excluding hydrogens is 442 g/mol. The van der Waals surface area contributed by atoms with Crippen LogP contribution in [-0.2, 0) is 11.2 Å². The van der Waals surface area contributed by atoms with Crippen molar-refractivity contribution in [3.63, 3.8) is 0 Å². The lowest BCUT2D eigenvalue weighted by atomic mass is 10.1. The van der Waals surface area contributed by atoms with Gasteiger partial charge in [-0.2, -0.15) is 5.10 Å². The monoisotopic (exact) mass is 477 g/mol. The average molecular weight is 478 g/mol. The molecule has 1 aliphatic heterocycles. The second kappa shape index (κ2) is 10.9. The topological polar surface area (TPSA) is 109 Å². The van der Waals surface area contributed by atoms with Crippen LogP contribution in [0.15, 0.2) is 30.5 Å². The van der Waals surface area contributed by atoms with Gasteiger partial charge in [-0.3, -0.25) is 14.5 Å². The van der Waals surface area contributed by atoms with Gasteiger partial charge in [-0.1, -0.05) is 12.1 Å². The molecule has 2 aromatic heterocycles. The first-order chi connectivity index (χ1) is 16.8. The summed E-state index contributed by atoms with van der Waals surface area (Å²) in [6.45, 7) is 11.7. The molecule has 0 saturated carbocycles. The van der Waals surface area contributed by atoms with Crippen LogP contribution in [0.3, 0.4) is 0 Å². The van der Waals surface area contributed by atoms with Gasteiger partial charge in [0, 0.05) is 56.2 Å². The van der Waals surface area contributed by atoms with Crippen molar-refractivity contribution < 1.29 is 9.59 Å². The molecule has 0 aliphatic carbocycles. The molecule has 3 aromatic rings. The van der Waals surface area contributed by atoms with Crippen molar-refractivity contribution in [2.45, 2.75) is 40.0 Å². The first kappa shape index (κ1) is 24.7. The molecule has 186 valence electrons. The van der Waals surface area contributed by atoms with Crippen molar-refractivity contribution in [2.24, 2.45) is 5.73 Å². The fourth-order valence-corrected chi connectivity index (χ4v) is 4.76. The minimum Gasteiger partial charge on any atom is -0.369 e. The van der Waals surface area contributed by atoms with Crippen molar-refractivity contribution in [1.29, 1.82) is 0 Å². The zero-order valence-corrected chi connectivity index (χ0v) is 20.9. The van der Waals surface area contributed by atoms with Gasteiger partial charge in [-0.05, 0) is 63.4 Å².